The monoisotopic (exact) mass is 319 g/mol. The number of methoxy groups -OCH3 is 1. The molecule has 98 valence electrons. The zero-order valence-electron chi connectivity index (χ0n) is 10.7. The fourth-order valence-electron chi connectivity index (χ4n) is 1.79. The third-order valence-corrected chi connectivity index (χ3v) is 4.68. The lowest BCUT2D eigenvalue weighted by Crippen LogP contribution is -2.21. The molecule has 1 aromatic rings. The average Bonchev–Trinajstić information content (AvgIpc) is 2.75. The van der Waals surface area contributed by atoms with Gasteiger partial charge in [-0.1, -0.05) is 6.92 Å². The first-order chi connectivity index (χ1) is 8.29. The quantitative estimate of drug-likeness (QED) is 0.682. The van der Waals surface area contributed by atoms with Crippen molar-refractivity contribution in [2.45, 2.75) is 38.6 Å². The molecule has 0 bridgehead atoms. The molecule has 4 heteroatoms. The highest BCUT2D eigenvalue weighted by Gasteiger charge is 2.14. The van der Waals surface area contributed by atoms with Crippen molar-refractivity contribution in [1.29, 1.82) is 0 Å². The lowest BCUT2D eigenvalue weighted by Gasteiger charge is -2.17. The van der Waals surface area contributed by atoms with Gasteiger partial charge in [-0.3, -0.25) is 0 Å². The largest absolute Gasteiger partial charge is 0.385 e. The van der Waals surface area contributed by atoms with Gasteiger partial charge >= 0.3 is 0 Å². The van der Waals surface area contributed by atoms with Crippen molar-refractivity contribution in [3.05, 3.63) is 20.8 Å². The molecule has 0 aliphatic rings. The van der Waals surface area contributed by atoms with Crippen LogP contribution < -0.4 is 5.32 Å². The van der Waals surface area contributed by atoms with Gasteiger partial charge in [0.2, 0.25) is 0 Å². The number of hydrogen-bond acceptors (Lipinski definition) is 3. The van der Waals surface area contributed by atoms with E-state index in [2.05, 4.69) is 39.6 Å². The molecular weight excluding hydrogens is 298 g/mol. The van der Waals surface area contributed by atoms with E-state index in [1.54, 1.807) is 7.11 Å². The highest BCUT2D eigenvalue weighted by molar-refractivity contribution is 9.10. The van der Waals surface area contributed by atoms with Crippen LogP contribution in [0.1, 0.15) is 43.5 Å². The van der Waals surface area contributed by atoms with Gasteiger partial charge in [-0.05, 0) is 59.6 Å². The van der Waals surface area contributed by atoms with Gasteiger partial charge in [0, 0.05) is 29.1 Å². The van der Waals surface area contributed by atoms with Gasteiger partial charge in [0.25, 0.3) is 0 Å². The summed E-state index contributed by atoms with van der Waals surface area (Å²) >= 11 is 5.46. The normalized spacial score (nSPS) is 12.9. The van der Waals surface area contributed by atoms with Crippen molar-refractivity contribution >= 4 is 27.3 Å². The van der Waals surface area contributed by atoms with Crippen LogP contribution in [0, 0.1) is 0 Å². The Morgan fingerprint density at radius 1 is 1.47 bits per heavy atom. The number of thiophene rings is 1. The van der Waals surface area contributed by atoms with E-state index >= 15 is 0 Å². The van der Waals surface area contributed by atoms with E-state index in [1.807, 2.05) is 11.3 Å². The maximum atomic E-state index is 5.09. The van der Waals surface area contributed by atoms with Gasteiger partial charge in [0.15, 0.2) is 0 Å². The molecule has 0 aromatic carbocycles. The molecule has 1 unspecified atom stereocenters. The highest BCUT2D eigenvalue weighted by atomic mass is 79.9. The second kappa shape index (κ2) is 9.09. The van der Waals surface area contributed by atoms with Gasteiger partial charge in [-0.25, -0.2) is 0 Å². The molecule has 1 heterocycles. The van der Waals surface area contributed by atoms with E-state index in [-0.39, 0.29) is 0 Å². The summed E-state index contributed by atoms with van der Waals surface area (Å²) in [6, 6.07) is 2.62. The smallest absolute Gasteiger partial charge is 0.0462 e. The standard InChI is InChI=1S/C13H22BrNOS/c1-3-8-15-12(6-4-5-9-16-2)13-11(14)7-10-17-13/h7,10,12,15H,3-6,8-9H2,1-2H3. The molecule has 0 aliphatic heterocycles. The molecule has 0 radical (unpaired) electrons. The van der Waals surface area contributed by atoms with Crippen LogP contribution in [0.3, 0.4) is 0 Å². The molecule has 0 saturated carbocycles. The first kappa shape index (κ1) is 15.2. The topological polar surface area (TPSA) is 21.3 Å². The summed E-state index contributed by atoms with van der Waals surface area (Å²) < 4.78 is 6.33. The van der Waals surface area contributed by atoms with Gasteiger partial charge < -0.3 is 10.1 Å². The van der Waals surface area contributed by atoms with Crippen molar-refractivity contribution in [3.8, 4) is 0 Å². The summed E-state index contributed by atoms with van der Waals surface area (Å²) in [7, 11) is 1.77. The summed E-state index contributed by atoms with van der Waals surface area (Å²) in [6.45, 7) is 4.16. The molecule has 1 N–H and O–H groups in total. The molecule has 0 amide bonds. The van der Waals surface area contributed by atoms with E-state index in [9.17, 15) is 0 Å². The SMILES string of the molecule is CCCNC(CCCCOC)c1sccc1Br. The van der Waals surface area contributed by atoms with Gasteiger partial charge in [-0.15, -0.1) is 11.3 Å². The Balaban J connectivity index is 2.46. The maximum Gasteiger partial charge on any atom is 0.0462 e. The fraction of sp³-hybridized carbons (Fsp3) is 0.692. The predicted molar refractivity (Wildman–Crippen MR) is 78.8 cm³/mol. The lowest BCUT2D eigenvalue weighted by molar-refractivity contribution is 0.191. The number of hydrogen-bond donors (Lipinski definition) is 1. The van der Waals surface area contributed by atoms with E-state index in [0.29, 0.717) is 6.04 Å². The first-order valence-corrected chi connectivity index (χ1v) is 7.92. The molecule has 0 saturated heterocycles. The molecule has 1 atom stereocenters. The fourth-order valence-corrected chi connectivity index (χ4v) is 3.55. The molecule has 0 spiro atoms. The van der Waals surface area contributed by atoms with E-state index in [0.717, 1.165) is 19.6 Å². The molecule has 0 fully saturated rings. The second-order valence-corrected chi connectivity index (χ2v) is 5.93. The van der Waals surface area contributed by atoms with Crippen LogP contribution in [0.2, 0.25) is 0 Å². The predicted octanol–water partition coefficient (Wildman–Crippen LogP) is 4.37. The average molecular weight is 320 g/mol. The minimum Gasteiger partial charge on any atom is -0.385 e. The van der Waals surface area contributed by atoms with Crippen LogP contribution in [0.4, 0.5) is 0 Å². The Labute approximate surface area is 117 Å². The third-order valence-electron chi connectivity index (χ3n) is 2.69. The zero-order valence-corrected chi connectivity index (χ0v) is 13.1. The Hall–Kier alpha value is 0.100. The maximum absolute atomic E-state index is 5.09. The number of ether oxygens (including phenoxy) is 1. The van der Waals surface area contributed by atoms with Gasteiger partial charge in [0.05, 0.1) is 0 Å². The summed E-state index contributed by atoms with van der Waals surface area (Å²) in [5.74, 6) is 0. The van der Waals surface area contributed by atoms with Crippen molar-refractivity contribution in [2.75, 3.05) is 20.3 Å². The minimum absolute atomic E-state index is 0.487. The van der Waals surface area contributed by atoms with Gasteiger partial charge in [-0.2, -0.15) is 0 Å². The van der Waals surface area contributed by atoms with Crippen LogP contribution in [-0.2, 0) is 4.74 Å². The van der Waals surface area contributed by atoms with E-state index < -0.39 is 0 Å². The van der Waals surface area contributed by atoms with Crippen molar-refractivity contribution in [2.24, 2.45) is 0 Å². The highest BCUT2D eigenvalue weighted by Crippen LogP contribution is 2.31. The van der Waals surface area contributed by atoms with Crippen LogP contribution in [0.25, 0.3) is 0 Å². The molecule has 0 aliphatic carbocycles. The summed E-state index contributed by atoms with van der Waals surface area (Å²) in [5, 5.41) is 5.78. The van der Waals surface area contributed by atoms with Crippen LogP contribution in [-0.4, -0.2) is 20.3 Å². The first-order valence-electron chi connectivity index (χ1n) is 6.24. The van der Waals surface area contributed by atoms with E-state index in [1.165, 1.54) is 28.6 Å². The van der Waals surface area contributed by atoms with Crippen LogP contribution in [0.15, 0.2) is 15.9 Å². The number of nitrogens with one attached hydrogen (secondary N) is 1. The van der Waals surface area contributed by atoms with Crippen molar-refractivity contribution in [3.63, 3.8) is 0 Å². The second-order valence-electron chi connectivity index (χ2n) is 4.13. The Kier molecular flexibility index (Phi) is 8.10. The van der Waals surface area contributed by atoms with Gasteiger partial charge in [0.1, 0.15) is 0 Å². The zero-order chi connectivity index (χ0) is 12.5. The third kappa shape index (κ3) is 5.51. The molecular formula is C13H22BrNOS. The number of rotatable bonds is 9. The molecule has 17 heavy (non-hydrogen) atoms. The van der Waals surface area contributed by atoms with Crippen molar-refractivity contribution < 1.29 is 4.74 Å². The summed E-state index contributed by atoms with van der Waals surface area (Å²) in [6.07, 6.45) is 4.71. The molecule has 2 nitrogen and oxygen atoms in total. The Bertz CT molecular complexity index is 303. The number of halogens is 1. The van der Waals surface area contributed by atoms with Crippen LogP contribution >= 0.6 is 27.3 Å². The van der Waals surface area contributed by atoms with Crippen molar-refractivity contribution in [1.82, 2.24) is 5.32 Å². The lowest BCUT2D eigenvalue weighted by atomic mass is 10.1. The molecule has 1 aromatic heterocycles. The van der Waals surface area contributed by atoms with Crippen LogP contribution in [0.5, 0.6) is 0 Å². The van der Waals surface area contributed by atoms with E-state index in [4.69, 9.17) is 4.74 Å². The summed E-state index contributed by atoms with van der Waals surface area (Å²) in [4.78, 5) is 1.43. The Morgan fingerprint density at radius 3 is 2.88 bits per heavy atom. The number of unbranched alkanes of at least 4 members (excludes halogenated alkanes) is 1. The Morgan fingerprint density at radius 2 is 2.29 bits per heavy atom. The molecule has 1 rings (SSSR count). The minimum atomic E-state index is 0.487. The summed E-state index contributed by atoms with van der Waals surface area (Å²) in [5.41, 5.74) is 0.